The van der Waals surface area contributed by atoms with Gasteiger partial charge in [0.15, 0.2) is 0 Å². The van der Waals surface area contributed by atoms with E-state index in [0.717, 1.165) is 18.5 Å². The van der Waals surface area contributed by atoms with Crippen molar-refractivity contribution in [1.82, 2.24) is 4.57 Å². The highest BCUT2D eigenvalue weighted by molar-refractivity contribution is 5.69. The quantitative estimate of drug-likeness (QED) is 0.897. The minimum atomic E-state index is -0.769. The van der Waals surface area contributed by atoms with E-state index in [1.165, 1.54) is 11.3 Å². The summed E-state index contributed by atoms with van der Waals surface area (Å²) in [6.07, 6.45) is 2.19. The van der Waals surface area contributed by atoms with E-state index in [4.69, 9.17) is 5.11 Å². The summed E-state index contributed by atoms with van der Waals surface area (Å²) in [4.78, 5) is 10.9. The lowest BCUT2D eigenvalue weighted by Gasteiger charge is -2.17. The Hall–Kier alpha value is -2.03. The van der Waals surface area contributed by atoms with Gasteiger partial charge in [-0.3, -0.25) is 4.79 Å². The van der Waals surface area contributed by atoms with Gasteiger partial charge in [-0.25, -0.2) is 0 Å². The van der Waals surface area contributed by atoms with Crippen LogP contribution in [0.4, 0.5) is 0 Å². The van der Waals surface area contributed by atoms with E-state index in [2.05, 4.69) is 22.8 Å². The van der Waals surface area contributed by atoms with Crippen LogP contribution in [-0.4, -0.2) is 15.6 Å². The Morgan fingerprint density at radius 3 is 2.72 bits per heavy atom. The zero-order valence-electron chi connectivity index (χ0n) is 10.0. The van der Waals surface area contributed by atoms with Crippen LogP contribution in [0.5, 0.6) is 0 Å². The highest BCUT2D eigenvalue weighted by atomic mass is 16.4. The van der Waals surface area contributed by atoms with Crippen molar-refractivity contribution in [1.29, 1.82) is 0 Å². The lowest BCUT2D eigenvalue weighted by molar-refractivity contribution is -0.136. The molecule has 0 saturated heterocycles. The smallest absolute Gasteiger partial charge is 0.309 e. The number of aromatic nitrogens is 1. The molecular weight excluding hydrogens is 226 g/mol. The molecule has 3 nitrogen and oxygen atoms in total. The number of hydrogen-bond donors (Lipinski definition) is 1. The average Bonchev–Trinajstić information content (AvgIpc) is 2.93. The number of carboxylic acids is 1. The molecule has 18 heavy (non-hydrogen) atoms. The summed E-state index contributed by atoms with van der Waals surface area (Å²) in [5.74, 6) is -0.769. The van der Waals surface area contributed by atoms with E-state index < -0.39 is 5.97 Å². The molecule has 1 aliphatic heterocycles. The molecular formula is C15H15NO2. The van der Waals surface area contributed by atoms with Gasteiger partial charge in [-0.2, -0.15) is 0 Å². The summed E-state index contributed by atoms with van der Waals surface area (Å²) >= 11 is 0. The van der Waals surface area contributed by atoms with Crippen LogP contribution in [0, 0.1) is 0 Å². The highest BCUT2D eigenvalue weighted by Crippen LogP contribution is 2.34. The predicted octanol–water partition coefficient (Wildman–Crippen LogP) is 2.65. The summed E-state index contributed by atoms with van der Waals surface area (Å²) in [6.45, 7) is 0. The third-order valence-corrected chi connectivity index (χ3v) is 3.59. The minimum absolute atomic E-state index is 0.101. The Balaban J connectivity index is 2.00. The maximum atomic E-state index is 10.9. The number of hydrogen-bond acceptors (Lipinski definition) is 1. The first-order valence-corrected chi connectivity index (χ1v) is 6.21. The van der Waals surface area contributed by atoms with Crippen LogP contribution in [-0.2, 0) is 17.6 Å². The second-order valence-electron chi connectivity index (χ2n) is 4.72. The summed E-state index contributed by atoms with van der Waals surface area (Å²) < 4.78 is 2.20. The van der Waals surface area contributed by atoms with Crippen molar-refractivity contribution >= 4 is 5.97 Å². The number of carboxylic acid groups (broad SMARTS) is 1. The normalized spacial score (nSPS) is 17.7. The molecule has 0 bridgehead atoms. The molecule has 1 aromatic carbocycles. The Bertz CT molecular complexity index is 571. The van der Waals surface area contributed by atoms with Crippen molar-refractivity contribution in [3.05, 3.63) is 59.4 Å². The van der Waals surface area contributed by atoms with Crippen molar-refractivity contribution in [2.24, 2.45) is 0 Å². The Labute approximate surface area is 106 Å². The van der Waals surface area contributed by atoms with Crippen LogP contribution in [0.1, 0.15) is 29.4 Å². The standard InChI is InChI=1S/C15H15NO2/c17-15(18)10-13-7-6-12-8-9-14(16(12)13)11-4-2-1-3-5-11/h1-7,14H,8-10H2,(H,17,18). The van der Waals surface area contributed by atoms with E-state index in [-0.39, 0.29) is 6.42 Å². The van der Waals surface area contributed by atoms with Gasteiger partial charge in [0.2, 0.25) is 0 Å². The first-order valence-electron chi connectivity index (χ1n) is 6.21. The van der Waals surface area contributed by atoms with E-state index in [1.54, 1.807) is 0 Å². The average molecular weight is 241 g/mol. The van der Waals surface area contributed by atoms with Crippen LogP contribution >= 0.6 is 0 Å². The van der Waals surface area contributed by atoms with Gasteiger partial charge in [-0.15, -0.1) is 0 Å². The molecule has 0 saturated carbocycles. The van der Waals surface area contributed by atoms with Gasteiger partial charge in [0, 0.05) is 11.4 Å². The van der Waals surface area contributed by atoms with E-state index in [9.17, 15) is 4.79 Å². The number of aliphatic carboxylic acids is 1. The van der Waals surface area contributed by atoms with Gasteiger partial charge >= 0.3 is 5.97 Å². The lowest BCUT2D eigenvalue weighted by Crippen LogP contribution is -2.12. The third-order valence-electron chi connectivity index (χ3n) is 3.59. The molecule has 92 valence electrons. The van der Waals surface area contributed by atoms with Crippen LogP contribution in [0.25, 0.3) is 0 Å². The molecule has 2 aromatic rings. The van der Waals surface area contributed by atoms with Crippen molar-refractivity contribution in [3.63, 3.8) is 0 Å². The molecule has 0 spiro atoms. The number of fused-ring (bicyclic) bond motifs is 1. The Morgan fingerprint density at radius 2 is 2.00 bits per heavy atom. The van der Waals surface area contributed by atoms with E-state index in [1.807, 2.05) is 24.3 Å². The van der Waals surface area contributed by atoms with Crippen LogP contribution < -0.4 is 0 Å². The summed E-state index contributed by atoms with van der Waals surface area (Å²) in [6, 6.07) is 14.6. The van der Waals surface area contributed by atoms with Gasteiger partial charge in [0.1, 0.15) is 0 Å². The summed E-state index contributed by atoms with van der Waals surface area (Å²) in [7, 11) is 0. The molecule has 3 rings (SSSR count). The van der Waals surface area contributed by atoms with Crippen LogP contribution in [0.3, 0.4) is 0 Å². The lowest BCUT2D eigenvalue weighted by atomic mass is 10.0. The summed E-state index contributed by atoms with van der Waals surface area (Å²) in [5.41, 5.74) is 3.42. The highest BCUT2D eigenvalue weighted by Gasteiger charge is 2.25. The topological polar surface area (TPSA) is 42.2 Å². The fraction of sp³-hybridized carbons (Fsp3) is 0.267. The zero-order valence-corrected chi connectivity index (χ0v) is 10.0. The molecule has 0 amide bonds. The molecule has 1 unspecified atom stereocenters. The largest absolute Gasteiger partial charge is 0.481 e. The first-order chi connectivity index (χ1) is 8.75. The number of benzene rings is 1. The molecule has 1 atom stereocenters. The van der Waals surface area contributed by atoms with Gasteiger partial charge in [0.05, 0.1) is 12.5 Å². The third kappa shape index (κ3) is 1.82. The van der Waals surface area contributed by atoms with Crippen molar-refractivity contribution in [2.75, 3.05) is 0 Å². The first kappa shape index (κ1) is 11.1. The van der Waals surface area contributed by atoms with Gasteiger partial charge < -0.3 is 9.67 Å². The number of nitrogens with zero attached hydrogens (tertiary/aromatic N) is 1. The predicted molar refractivity (Wildman–Crippen MR) is 68.7 cm³/mol. The van der Waals surface area contributed by atoms with Gasteiger partial charge in [0.25, 0.3) is 0 Å². The van der Waals surface area contributed by atoms with E-state index >= 15 is 0 Å². The molecule has 3 heteroatoms. The number of aryl methyl sites for hydroxylation is 1. The van der Waals surface area contributed by atoms with Crippen molar-refractivity contribution in [2.45, 2.75) is 25.3 Å². The van der Waals surface area contributed by atoms with E-state index in [0.29, 0.717) is 6.04 Å². The summed E-state index contributed by atoms with van der Waals surface area (Å²) in [5, 5.41) is 8.96. The van der Waals surface area contributed by atoms with Crippen molar-refractivity contribution < 1.29 is 9.90 Å². The molecule has 0 aliphatic carbocycles. The molecule has 1 N–H and O–H groups in total. The second-order valence-corrected chi connectivity index (χ2v) is 4.72. The number of carbonyl (C=O) groups is 1. The minimum Gasteiger partial charge on any atom is -0.481 e. The Kier molecular flexibility index (Phi) is 2.67. The molecule has 2 heterocycles. The molecule has 1 aromatic heterocycles. The van der Waals surface area contributed by atoms with Gasteiger partial charge in [-0.1, -0.05) is 30.3 Å². The van der Waals surface area contributed by atoms with Gasteiger partial charge in [-0.05, 0) is 30.5 Å². The maximum Gasteiger partial charge on any atom is 0.309 e. The monoisotopic (exact) mass is 241 g/mol. The molecule has 0 radical (unpaired) electrons. The fourth-order valence-electron chi connectivity index (χ4n) is 2.85. The Morgan fingerprint density at radius 1 is 1.22 bits per heavy atom. The number of rotatable bonds is 3. The molecule has 1 aliphatic rings. The maximum absolute atomic E-state index is 10.9. The van der Waals surface area contributed by atoms with Crippen LogP contribution in [0.15, 0.2) is 42.5 Å². The van der Waals surface area contributed by atoms with Crippen molar-refractivity contribution in [3.8, 4) is 0 Å². The second kappa shape index (κ2) is 4.33. The SMILES string of the molecule is O=C(O)Cc1ccc2n1C(c1ccccc1)CC2. The zero-order chi connectivity index (χ0) is 12.5. The fourth-order valence-corrected chi connectivity index (χ4v) is 2.85. The molecule has 0 fully saturated rings. The van der Waals surface area contributed by atoms with Crippen LogP contribution in [0.2, 0.25) is 0 Å².